The van der Waals surface area contributed by atoms with Crippen molar-refractivity contribution in [1.82, 2.24) is 9.78 Å². The van der Waals surface area contributed by atoms with Crippen LogP contribution in [0, 0.1) is 0 Å². The van der Waals surface area contributed by atoms with Crippen molar-refractivity contribution in [3.8, 4) is 0 Å². The first kappa shape index (κ1) is 18.9. The van der Waals surface area contributed by atoms with Crippen molar-refractivity contribution in [2.75, 3.05) is 10.2 Å². The Morgan fingerprint density at radius 2 is 1.77 bits per heavy atom. The van der Waals surface area contributed by atoms with Gasteiger partial charge in [-0.3, -0.25) is 9.59 Å². The maximum Gasteiger partial charge on any atom is 0.243 e. The van der Waals surface area contributed by atoms with Crippen LogP contribution in [0.3, 0.4) is 0 Å². The van der Waals surface area contributed by atoms with Crippen LogP contribution in [0.2, 0.25) is 10.0 Å². The smallest absolute Gasteiger partial charge is 0.243 e. The molecule has 2 amide bonds. The Balaban J connectivity index is 1.51. The summed E-state index contributed by atoms with van der Waals surface area (Å²) in [6, 6.07) is 13.2. The number of hydrogen-bond acceptors (Lipinski definition) is 3. The van der Waals surface area contributed by atoms with E-state index < -0.39 is 5.41 Å². The Kier molecular flexibility index (Phi) is 4.01. The van der Waals surface area contributed by atoms with Crippen LogP contribution in [0.15, 0.2) is 48.7 Å². The normalized spacial score (nSPS) is 21.9. The highest BCUT2D eigenvalue weighted by Crippen LogP contribution is 2.55. The Hall–Kier alpha value is -2.83. The minimum absolute atomic E-state index is 0.0437. The number of fused-ring (bicyclic) bond motifs is 4. The number of amides is 2. The zero-order valence-electron chi connectivity index (χ0n) is 16.4. The molecule has 6 nitrogen and oxygen atoms in total. The molecule has 1 spiro atoms. The van der Waals surface area contributed by atoms with Crippen molar-refractivity contribution >= 4 is 46.5 Å². The number of carbonyl (C=O) groups is 2. The van der Waals surface area contributed by atoms with E-state index in [2.05, 4.69) is 10.4 Å². The number of nitrogens with one attached hydrogen (secondary N) is 1. The number of benzene rings is 2. The van der Waals surface area contributed by atoms with Gasteiger partial charge >= 0.3 is 0 Å². The van der Waals surface area contributed by atoms with Crippen LogP contribution in [-0.2, 0) is 21.5 Å². The molecular weight excluding hydrogens is 435 g/mol. The molecule has 1 atom stereocenters. The van der Waals surface area contributed by atoms with Crippen LogP contribution >= 0.6 is 23.2 Å². The molecule has 1 fully saturated rings. The number of anilines is 2. The van der Waals surface area contributed by atoms with Gasteiger partial charge in [0.25, 0.3) is 0 Å². The molecule has 3 aliphatic rings. The number of rotatable bonds is 3. The van der Waals surface area contributed by atoms with E-state index in [1.165, 1.54) is 0 Å². The lowest BCUT2D eigenvalue weighted by Gasteiger charge is -2.32. The molecule has 1 aliphatic carbocycles. The van der Waals surface area contributed by atoms with Crippen molar-refractivity contribution in [1.29, 1.82) is 0 Å². The lowest BCUT2D eigenvalue weighted by Crippen LogP contribution is -2.47. The van der Waals surface area contributed by atoms with Crippen LogP contribution in [0.4, 0.5) is 11.5 Å². The average Bonchev–Trinajstić information content (AvgIpc) is 3.46. The Morgan fingerprint density at radius 1 is 1.03 bits per heavy atom. The summed E-state index contributed by atoms with van der Waals surface area (Å²) >= 11 is 12.3. The zero-order chi connectivity index (χ0) is 21.3. The molecule has 0 saturated heterocycles. The van der Waals surface area contributed by atoms with E-state index in [0.717, 1.165) is 35.2 Å². The SMILES string of the molecule is O=C1C[C@]2(C(=O)N(C3CC3)c3ccc(Cl)cc32)c2cnn(Cc3ccc(Cl)cc3)c2N1. The van der Waals surface area contributed by atoms with Gasteiger partial charge in [-0.1, -0.05) is 35.3 Å². The van der Waals surface area contributed by atoms with Crippen LogP contribution in [-0.4, -0.2) is 27.6 Å². The molecule has 2 aliphatic heterocycles. The Labute approximate surface area is 188 Å². The van der Waals surface area contributed by atoms with Gasteiger partial charge in [-0.2, -0.15) is 5.10 Å². The predicted molar refractivity (Wildman–Crippen MR) is 119 cm³/mol. The molecule has 2 aromatic carbocycles. The van der Waals surface area contributed by atoms with E-state index >= 15 is 0 Å². The van der Waals surface area contributed by atoms with Gasteiger partial charge in [-0.15, -0.1) is 0 Å². The second-order valence-corrected chi connectivity index (χ2v) is 9.26. The van der Waals surface area contributed by atoms with Gasteiger partial charge in [-0.05, 0) is 54.3 Å². The topological polar surface area (TPSA) is 67.2 Å². The molecule has 156 valence electrons. The molecule has 8 heteroatoms. The highest BCUT2D eigenvalue weighted by molar-refractivity contribution is 6.31. The number of halogens is 2. The third-order valence-electron chi connectivity index (χ3n) is 6.40. The summed E-state index contributed by atoms with van der Waals surface area (Å²) in [5.74, 6) is 0.291. The summed E-state index contributed by atoms with van der Waals surface area (Å²) in [7, 11) is 0. The van der Waals surface area contributed by atoms with Crippen LogP contribution in [0.1, 0.15) is 36.0 Å². The summed E-state index contributed by atoms with van der Waals surface area (Å²) in [5.41, 5.74) is 2.25. The average molecular weight is 453 g/mol. The van der Waals surface area contributed by atoms with Crippen molar-refractivity contribution in [2.24, 2.45) is 0 Å². The number of aromatic nitrogens is 2. The van der Waals surface area contributed by atoms with E-state index in [1.807, 2.05) is 41.3 Å². The van der Waals surface area contributed by atoms with Crippen molar-refractivity contribution in [2.45, 2.75) is 37.3 Å². The van der Waals surface area contributed by atoms with Crippen LogP contribution in [0.5, 0.6) is 0 Å². The molecule has 31 heavy (non-hydrogen) atoms. The van der Waals surface area contributed by atoms with Gasteiger partial charge in [0.2, 0.25) is 11.8 Å². The summed E-state index contributed by atoms with van der Waals surface area (Å²) in [6.07, 6.45) is 3.70. The van der Waals surface area contributed by atoms with Crippen LogP contribution < -0.4 is 10.2 Å². The molecular formula is C23H18Cl2N4O2. The molecule has 0 unspecified atom stereocenters. The Bertz CT molecular complexity index is 1250. The summed E-state index contributed by atoms with van der Waals surface area (Å²) in [4.78, 5) is 28.7. The predicted octanol–water partition coefficient (Wildman–Crippen LogP) is 4.38. The Morgan fingerprint density at radius 3 is 2.52 bits per heavy atom. The fraction of sp³-hybridized carbons (Fsp3) is 0.261. The van der Waals surface area contributed by atoms with Gasteiger partial charge in [0.15, 0.2) is 0 Å². The van der Waals surface area contributed by atoms with Gasteiger partial charge in [0.05, 0.1) is 12.7 Å². The van der Waals surface area contributed by atoms with E-state index in [1.54, 1.807) is 16.9 Å². The summed E-state index contributed by atoms with van der Waals surface area (Å²) in [6.45, 7) is 0.450. The molecule has 1 saturated carbocycles. The largest absolute Gasteiger partial charge is 0.311 e. The molecule has 0 bridgehead atoms. The molecule has 0 radical (unpaired) electrons. The maximum absolute atomic E-state index is 13.9. The molecule has 3 aromatic rings. The van der Waals surface area contributed by atoms with Gasteiger partial charge in [0.1, 0.15) is 11.2 Å². The van der Waals surface area contributed by atoms with E-state index in [0.29, 0.717) is 22.4 Å². The first-order chi connectivity index (χ1) is 15.0. The van der Waals surface area contributed by atoms with Gasteiger partial charge in [-0.25, -0.2) is 4.68 Å². The van der Waals surface area contributed by atoms with Crippen LogP contribution in [0.25, 0.3) is 0 Å². The number of carbonyl (C=O) groups excluding carboxylic acids is 2. The second-order valence-electron chi connectivity index (χ2n) is 8.39. The maximum atomic E-state index is 13.9. The van der Waals surface area contributed by atoms with Crippen molar-refractivity contribution in [3.05, 3.63) is 75.4 Å². The first-order valence-electron chi connectivity index (χ1n) is 10.2. The third-order valence-corrected chi connectivity index (χ3v) is 6.89. The monoisotopic (exact) mass is 452 g/mol. The van der Waals surface area contributed by atoms with Gasteiger partial charge in [0, 0.05) is 33.8 Å². The first-order valence-corrected chi connectivity index (χ1v) is 11.0. The molecule has 1 aromatic heterocycles. The van der Waals surface area contributed by atoms with E-state index in [9.17, 15) is 9.59 Å². The lowest BCUT2D eigenvalue weighted by atomic mass is 9.72. The highest BCUT2D eigenvalue weighted by Gasteiger charge is 2.59. The standard InChI is InChI=1S/C23H18Cl2N4O2/c24-14-3-1-13(2-4-14)12-28-21-18(11-26-28)23(10-20(30)27-21)17-9-15(25)5-8-19(17)29(22(23)31)16-6-7-16/h1-5,8-9,11,16H,6-7,10,12H2,(H,27,30)/t23-/m1/s1. The molecule has 3 heterocycles. The fourth-order valence-corrected chi connectivity index (χ4v) is 5.14. The fourth-order valence-electron chi connectivity index (χ4n) is 4.84. The molecule has 6 rings (SSSR count). The molecule has 1 N–H and O–H groups in total. The zero-order valence-corrected chi connectivity index (χ0v) is 18.0. The summed E-state index contributed by atoms with van der Waals surface area (Å²) < 4.78 is 1.73. The second kappa shape index (κ2) is 6.58. The minimum atomic E-state index is -1.10. The summed E-state index contributed by atoms with van der Waals surface area (Å²) in [5, 5.41) is 8.70. The van der Waals surface area contributed by atoms with E-state index in [-0.39, 0.29) is 24.3 Å². The quantitative estimate of drug-likeness (QED) is 0.641. The van der Waals surface area contributed by atoms with Gasteiger partial charge < -0.3 is 10.2 Å². The highest BCUT2D eigenvalue weighted by atomic mass is 35.5. The number of nitrogens with zero attached hydrogens (tertiary/aromatic N) is 3. The third kappa shape index (κ3) is 2.75. The van der Waals surface area contributed by atoms with Crippen molar-refractivity contribution in [3.63, 3.8) is 0 Å². The minimum Gasteiger partial charge on any atom is -0.311 e. The van der Waals surface area contributed by atoms with E-state index in [4.69, 9.17) is 23.2 Å². The van der Waals surface area contributed by atoms with Crippen molar-refractivity contribution < 1.29 is 9.59 Å². The number of hydrogen-bond donors (Lipinski definition) is 1. The lowest BCUT2D eigenvalue weighted by molar-refractivity contribution is -0.126.